The summed E-state index contributed by atoms with van der Waals surface area (Å²) in [5.41, 5.74) is 2.68. The maximum Gasteiger partial charge on any atom is 0.116 e. The molecule has 0 bridgehead atoms. The minimum absolute atomic E-state index is 0.868. The van der Waals surface area contributed by atoms with Crippen LogP contribution >= 0.6 is 0 Å². The molecule has 20 heavy (non-hydrogen) atoms. The normalized spacial score (nSPS) is 11.0. The third-order valence-electron chi connectivity index (χ3n) is 3.38. The van der Waals surface area contributed by atoms with E-state index in [1.165, 1.54) is 0 Å². The second kappa shape index (κ2) is 4.38. The highest BCUT2D eigenvalue weighted by Gasteiger charge is 2.10. The van der Waals surface area contributed by atoms with Crippen molar-refractivity contribution >= 4 is 21.7 Å². The number of para-hydroxylation sites is 1. The molecule has 93 valence electrons. The molecule has 2 aromatic heterocycles. The van der Waals surface area contributed by atoms with E-state index in [2.05, 4.69) is 21.0 Å². The zero-order chi connectivity index (χ0) is 13.4. The van der Waals surface area contributed by atoms with Gasteiger partial charge in [0.2, 0.25) is 0 Å². The van der Waals surface area contributed by atoms with Gasteiger partial charge in [-0.05, 0) is 29.7 Å². The number of hydrogen-bond donors (Lipinski definition) is 0. The molecule has 0 atom stereocenters. The molecular formula is C17H10N3. The maximum absolute atomic E-state index is 4.52. The van der Waals surface area contributed by atoms with Crippen molar-refractivity contribution in [3.8, 4) is 11.4 Å². The molecule has 4 aromatic rings. The van der Waals surface area contributed by atoms with Crippen LogP contribution < -0.4 is 0 Å². The number of rotatable bonds is 1. The molecule has 0 amide bonds. The van der Waals surface area contributed by atoms with Crippen molar-refractivity contribution < 1.29 is 0 Å². The fourth-order valence-corrected chi connectivity index (χ4v) is 2.44. The van der Waals surface area contributed by atoms with Gasteiger partial charge in [0, 0.05) is 17.0 Å². The van der Waals surface area contributed by atoms with Crippen molar-refractivity contribution in [3.63, 3.8) is 0 Å². The Kier molecular flexibility index (Phi) is 2.42. The molecule has 1 radical (unpaired) electrons. The fraction of sp³-hybridized carbons (Fsp3) is 0. The predicted molar refractivity (Wildman–Crippen MR) is 79.1 cm³/mol. The molecule has 3 heteroatoms. The number of hydrogen-bond acceptors (Lipinski definition) is 3. The van der Waals surface area contributed by atoms with E-state index in [-0.39, 0.29) is 0 Å². The monoisotopic (exact) mass is 256 g/mol. The van der Waals surface area contributed by atoms with E-state index < -0.39 is 0 Å². The number of nitrogens with zero attached hydrogens (tertiary/aromatic N) is 3. The first-order chi connectivity index (χ1) is 9.93. The summed E-state index contributed by atoms with van der Waals surface area (Å²) >= 11 is 0. The molecule has 2 heterocycles. The molecule has 0 unspecified atom stereocenters. The first-order valence-electron chi connectivity index (χ1n) is 6.38. The van der Waals surface area contributed by atoms with Crippen LogP contribution in [-0.4, -0.2) is 15.0 Å². The summed E-state index contributed by atoms with van der Waals surface area (Å²) in [6, 6.07) is 18.9. The second-order valence-corrected chi connectivity index (χ2v) is 4.55. The van der Waals surface area contributed by atoms with E-state index in [1.54, 1.807) is 6.33 Å². The van der Waals surface area contributed by atoms with Crippen molar-refractivity contribution in [1.82, 2.24) is 15.0 Å². The number of benzene rings is 2. The largest absolute Gasteiger partial charge is 0.254 e. The number of pyridine rings is 1. The first kappa shape index (κ1) is 11.1. The molecule has 0 aliphatic carbocycles. The number of aromatic nitrogens is 3. The summed E-state index contributed by atoms with van der Waals surface area (Å²) in [5, 5.41) is 3.21. The minimum atomic E-state index is 0.868. The molecule has 3 nitrogen and oxygen atoms in total. The quantitative estimate of drug-likeness (QED) is 0.522. The van der Waals surface area contributed by atoms with Crippen LogP contribution in [0.3, 0.4) is 0 Å². The van der Waals surface area contributed by atoms with E-state index in [1.807, 2.05) is 54.7 Å². The van der Waals surface area contributed by atoms with Gasteiger partial charge in [0.15, 0.2) is 0 Å². The Morgan fingerprint density at radius 2 is 1.70 bits per heavy atom. The van der Waals surface area contributed by atoms with Gasteiger partial charge in [-0.2, -0.15) is 0 Å². The molecule has 2 aromatic carbocycles. The molecule has 0 fully saturated rings. The van der Waals surface area contributed by atoms with Crippen molar-refractivity contribution in [1.29, 1.82) is 0 Å². The van der Waals surface area contributed by atoms with E-state index in [0.29, 0.717) is 0 Å². The summed E-state index contributed by atoms with van der Waals surface area (Å²) in [6.07, 6.45) is 3.40. The molecule has 0 aliphatic heterocycles. The summed E-state index contributed by atoms with van der Waals surface area (Å²) in [7, 11) is 0. The third-order valence-corrected chi connectivity index (χ3v) is 3.38. The Labute approximate surface area is 116 Å². The summed E-state index contributed by atoms with van der Waals surface area (Å²) in [6.45, 7) is 0. The van der Waals surface area contributed by atoms with Crippen LogP contribution in [0.2, 0.25) is 0 Å². The van der Waals surface area contributed by atoms with Crippen molar-refractivity contribution in [2.24, 2.45) is 0 Å². The molecule has 0 N–H and O–H groups in total. The zero-order valence-corrected chi connectivity index (χ0v) is 10.6. The van der Waals surface area contributed by atoms with Gasteiger partial charge < -0.3 is 0 Å². The van der Waals surface area contributed by atoms with E-state index in [4.69, 9.17) is 0 Å². The fourth-order valence-electron chi connectivity index (χ4n) is 2.44. The lowest BCUT2D eigenvalue weighted by atomic mass is 10.0. The molecule has 0 saturated carbocycles. The summed E-state index contributed by atoms with van der Waals surface area (Å²) < 4.78 is 0. The lowest BCUT2D eigenvalue weighted by molar-refractivity contribution is 1.20. The van der Waals surface area contributed by atoms with Crippen LogP contribution in [0.15, 0.2) is 61.1 Å². The van der Waals surface area contributed by atoms with Gasteiger partial charge in [-0.15, -0.1) is 0 Å². The van der Waals surface area contributed by atoms with Crippen molar-refractivity contribution in [3.05, 3.63) is 67.1 Å². The van der Waals surface area contributed by atoms with Gasteiger partial charge in [0.25, 0.3) is 0 Å². The van der Waals surface area contributed by atoms with Gasteiger partial charge in [-0.3, -0.25) is 4.98 Å². The van der Waals surface area contributed by atoms with Gasteiger partial charge in [0.1, 0.15) is 12.0 Å². The average molecular weight is 256 g/mol. The smallest absolute Gasteiger partial charge is 0.116 e. The van der Waals surface area contributed by atoms with Crippen LogP contribution in [0.5, 0.6) is 0 Å². The standard InChI is InChI=1S/C17H10N3/c1-2-6-13-12(5-1)9-10-18-16(13)17-14-7-3-4-8-15(14)19-11-20-17/h2-11H. The third kappa shape index (κ3) is 1.64. The molecule has 0 aliphatic rings. The molecule has 0 saturated heterocycles. The zero-order valence-electron chi connectivity index (χ0n) is 10.6. The molecular weight excluding hydrogens is 246 g/mol. The number of fused-ring (bicyclic) bond motifs is 2. The lowest BCUT2D eigenvalue weighted by Gasteiger charge is -2.07. The van der Waals surface area contributed by atoms with Crippen LogP contribution in [0.1, 0.15) is 0 Å². The SMILES string of the molecule is [c]1ccc2c(-c3ncnc4ccccc34)nccc2c1. The molecule has 0 spiro atoms. The van der Waals surface area contributed by atoms with E-state index in [9.17, 15) is 0 Å². The van der Waals surface area contributed by atoms with Gasteiger partial charge in [0.05, 0.1) is 11.2 Å². The van der Waals surface area contributed by atoms with Crippen molar-refractivity contribution in [2.45, 2.75) is 0 Å². The molecule has 4 rings (SSSR count). The van der Waals surface area contributed by atoms with E-state index >= 15 is 0 Å². The highest BCUT2D eigenvalue weighted by atomic mass is 14.9. The minimum Gasteiger partial charge on any atom is -0.254 e. The topological polar surface area (TPSA) is 38.7 Å². The first-order valence-corrected chi connectivity index (χ1v) is 6.38. The average Bonchev–Trinajstić information content (AvgIpc) is 2.54. The predicted octanol–water partition coefficient (Wildman–Crippen LogP) is 3.65. The highest BCUT2D eigenvalue weighted by molar-refractivity contribution is 6.00. The Hall–Kier alpha value is -2.81. The Morgan fingerprint density at radius 1 is 0.800 bits per heavy atom. The van der Waals surface area contributed by atoms with Crippen LogP contribution in [-0.2, 0) is 0 Å². The van der Waals surface area contributed by atoms with E-state index in [0.717, 1.165) is 33.1 Å². The summed E-state index contributed by atoms with van der Waals surface area (Å²) in [4.78, 5) is 13.3. The van der Waals surface area contributed by atoms with Crippen molar-refractivity contribution in [2.75, 3.05) is 0 Å². The summed E-state index contributed by atoms with van der Waals surface area (Å²) in [5.74, 6) is 0. The second-order valence-electron chi connectivity index (χ2n) is 4.55. The Bertz CT molecular complexity index is 828. The van der Waals surface area contributed by atoms with Crippen LogP contribution in [0.25, 0.3) is 33.1 Å². The van der Waals surface area contributed by atoms with Crippen LogP contribution in [0.4, 0.5) is 0 Å². The van der Waals surface area contributed by atoms with Gasteiger partial charge in [-0.1, -0.05) is 30.3 Å². The maximum atomic E-state index is 4.52. The lowest BCUT2D eigenvalue weighted by Crippen LogP contribution is -1.92. The Morgan fingerprint density at radius 3 is 2.70 bits per heavy atom. The Balaban J connectivity index is 2.12. The van der Waals surface area contributed by atoms with Crippen LogP contribution in [0, 0.1) is 6.07 Å². The van der Waals surface area contributed by atoms with Gasteiger partial charge >= 0.3 is 0 Å². The van der Waals surface area contributed by atoms with Gasteiger partial charge in [-0.25, -0.2) is 9.97 Å². The highest BCUT2D eigenvalue weighted by Crippen LogP contribution is 2.29.